The van der Waals surface area contributed by atoms with Gasteiger partial charge < -0.3 is 31.1 Å². The van der Waals surface area contributed by atoms with Gasteiger partial charge in [0.2, 0.25) is 5.91 Å². The Balaban J connectivity index is 2.78. The zero-order chi connectivity index (χ0) is 12.3. The number of hydrogen-bond acceptors (Lipinski definition) is 6. The van der Waals surface area contributed by atoms with E-state index >= 15 is 0 Å². The monoisotopic (exact) mass is 234 g/mol. The molecule has 1 amide bonds. The summed E-state index contributed by atoms with van der Waals surface area (Å²) in [6.07, 6.45) is -3.60. The van der Waals surface area contributed by atoms with Crippen molar-refractivity contribution in [3.8, 4) is 0 Å². The molecule has 94 valence electrons. The molecule has 0 saturated carbocycles. The maximum atomic E-state index is 10.9. The zero-order valence-corrected chi connectivity index (χ0v) is 9.00. The number of aliphatic hydroxyl groups excluding tert-OH is 4. The van der Waals surface area contributed by atoms with Crippen LogP contribution in [0.2, 0.25) is 0 Å². The Kier molecular flexibility index (Phi) is 4.63. The van der Waals surface area contributed by atoms with E-state index in [1.165, 1.54) is 6.92 Å². The number of β-amino-alcohol motifs (C(OH)–C–C–N with tert-alkyl or cyclic N) is 1. The molecule has 1 aliphatic rings. The van der Waals surface area contributed by atoms with Crippen LogP contribution in [0.5, 0.6) is 0 Å². The molecule has 0 bridgehead atoms. The number of hydrogen-bond donors (Lipinski definition) is 6. The van der Waals surface area contributed by atoms with Gasteiger partial charge in [-0.2, -0.15) is 0 Å². The first kappa shape index (κ1) is 13.3. The largest absolute Gasteiger partial charge is 0.395 e. The predicted molar refractivity (Wildman–Crippen MR) is 54.5 cm³/mol. The van der Waals surface area contributed by atoms with E-state index in [1.54, 1.807) is 0 Å². The third-order valence-corrected chi connectivity index (χ3v) is 2.70. The fraction of sp³-hybridized carbons (Fsp3) is 0.889. The molecule has 1 fully saturated rings. The second kappa shape index (κ2) is 5.55. The van der Waals surface area contributed by atoms with Gasteiger partial charge >= 0.3 is 0 Å². The van der Waals surface area contributed by atoms with Crippen molar-refractivity contribution in [2.75, 3.05) is 13.2 Å². The SMILES string of the molecule is CC(=O)N[C@@H]1[C@@H](O)[C@H](O)[C@H](CO)NC[C@H]1O. The molecule has 1 heterocycles. The van der Waals surface area contributed by atoms with Crippen molar-refractivity contribution in [3.63, 3.8) is 0 Å². The van der Waals surface area contributed by atoms with E-state index in [1.807, 2.05) is 0 Å². The summed E-state index contributed by atoms with van der Waals surface area (Å²) < 4.78 is 0. The molecular weight excluding hydrogens is 216 g/mol. The molecule has 0 aromatic rings. The lowest BCUT2D eigenvalue weighted by atomic mass is 9.98. The fourth-order valence-corrected chi connectivity index (χ4v) is 1.79. The molecule has 7 heteroatoms. The van der Waals surface area contributed by atoms with Crippen LogP contribution in [0, 0.1) is 0 Å². The minimum absolute atomic E-state index is 0.0737. The average Bonchev–Trinajstić information content (AvgIpc) is 2.32. The molecule has 7 nitrogen and oxygen atoms in total. The summed E-state index contributed by atoms with van der Waals surface area (Å²) >= 11 is 0. The van der Waals surface area contributed by atoms with Crippen molar-refractivity contribution in [3.05, 3.63) is 0 Å². The lowest BCUT2D eigenvalue weighted by Gasteiger charge is -2.28. The van der Waals surface area contributed by atoms with Crippen molar-refractivity contribution in [2.45, 2.75) is 37.3 Å². The Morgan fingerprint density at radius 2 is 2.00 bits per heavy atom. The highest BCUT2D eigenvalue weighted by atomic mass is 16.3. The summed E-state index contributed by atoms with van der Waals surface area (Å²) in [5.74, 6) is -0.405. The molecular formula is C9H18N2O5. The molecule has 0 spiro atoms. The summed E-state index contributed by atoms with van der Waals surface area (Å²) in [4.78, 5) is 10.9. The minimum atomic E-state index is -1.33. The van der Waals surface area contributed by atoms with Crippen LogP contribution in [-0.4, -0.2) is 69.9 Å². The van der Waals surface area contributed by atoms with Gasteiger partial charge in [0.05, 0.1) is 30.9 Å². The van der Waals surface area contributed by atoms with E-state index in [0.717, 1.165) is 0 Å². The lowest BCUT2D eigenvalue weighted by Crippen LogP contribution is -2.55. The quantitative estimate of drug-likeness (QED) is 0.295. The second-order valence-corrected chi connectivity index (χ2v) is 3.97. The topological polar surface area (TPSA) is 122 Å². The van der Waals surface area contributed by atoms with Crippen LogP contribution >= 0.6 is 0 Å². The molecule has 16 heavy (non-hydrogen) atoms. The van der Waals surface area contributed by atoms with Gasteiger partial charge in [0.15, 0.2) is 0 Å². The maximum Gasteiger partial charge on any atom is 0.217 e. The molecule has 1 rings (SSSR count). The van der Waals surface area contributed by atoms with Crippen LogP contribution in [-0.2, 0) is 4.79 Å². The van der Waals surface area contributed by atoms with Gasteiger partial charge in [0.1, 0.15) is 6.10 Å². The number of nitrogens with one attached hydrogen (secondary N) is 2. The second-order valence-electron chi connectivity index (χ2n) is 3.97. The normalized spacial score (nSPS) is 40.2. The summed E-state index contributed by atoms with van der Waals surface area (Å²) in [5, 5.41) is 43.2. The van der Waals surface area contributed by atoms with Gasteiger partial charge in [0, 0.05) is 13.5 Å². The third kappa shape index (κ3) is 2.89. The van der Waals surface area contributed by atoms with Gasteiger partial charge in [-0.15, -0.1) is 0 Å². The molecule has 0 radical (unpaired) electrons. The minimum Gasteiger partial charge on any atom is -0.395 e. The van der Waals surface area contributed by atoms with Crippen molar-refractivity contribution in [1.29, 1.82) is 0 Å². The van der Waals surface area contributed by atoms with Crippen LogP contribution in [0.15, 0.2) is 0 Å². The molecule has 0 aromatic heterocycles. The molecule has 1 saturated heterocycles. The number of rotatable bonds is 2. The van der Waals surface area contributed by atoms with Crippen LogP contribution < -0.4 is 10.6 Å². The highest BCUT2D eigenvalue weighted by Crippen LogP contribution is 2.12. The Bertz CT molecular complexity index is 250. The summed E-state index contributed by atoms with van der Waals surface area (Å²) in [7, 11) is 0. The first-order valence-corrected chi connectivity index (χ1v) is 5.13. The first-order chi connectivity index (χ1) is 7.47. The summed E-state index contributed by atoms with van der Waals surface area (Å²) in [6.45, 7) is 0.968. The van der Waals surface area contributed by atoms with E-state index in [-0.39, 0.29) is 13.2 Å². The standard InChI is InChI=1S/C9H18N2O5/c1-4(13)11-7-6(14)2-10-5(3-12)8(15)9(7)16/h5-10,12,14-16H,2-3H2,1H3,(H,11,13)/t5-,6+,7-,8+,9+/m0/s1. The predicted octanol–water partition coefficient (Wildman–Crippen LogP) is -3.46. The molecule has 0 unspecified atom stereocenters. The number of amides is 1. The Morgan fingerprint density at radius 1 is 1.38 bits per heavy atom. The van der Waals surface area contributed by atoms with E-state index in [4.69, 9.17) is 5.11 Å². The Hall–Kier alpha value is -0.730. The lowest BCUT2D eigenvalue weighted by molar-refractivity contribution is -0.123. The fourth-order valence-electron chi connectivity index (χ4n) is 1.79. The number of carbonyl (C=O) groups excluding carboxylic acids is 1. The van der Waals surface area contributed by atoms with Gasteiger partial charge in [-0.05, 0) is 0 Å². The highest BCUT2D eigenvalue weighted by Gasteiger charge is 2.39. The number of carbonyl (C=O) groups is 1. The van der Waals surface area contributed by atoms with Crippen LogP contribution in [0.25, 0.3) is 0 Å². The van der Waals surface area contributed by atoms with E-state index in [2.05, 4.69) is 10.6 Å². The van der Waals surface area contributed by atoms with Gasteiger partial charge in [-0.1, -0.05) is 0 Å². The third-order valence-electron chi connectivity index (χ3n) is 2.70. The molecule has 6 N–H and O–H groups in total. The van der Waals surface area contributed by atoms with E-state index < -0.39 is 36.3 Å². The van der Waals surface area contributed by atoms with Gasteiger partial charge in [-0.3, -0.25) is 4.79 Å². The maximum absolute atomic E-state index is 10.9. The average molecular weight is 234 g/mol. The van der Waals surface area contributed by atoms with Crippen molar-refractivity contribution in [1.82, 2.24) is 10.6 Å². The zero-order valence-electron chi connectivity index (χ0n) is 9.00. The van der Waals surface area contributed by atoms with Gasteiger partial charge in [0.25, 0.3) is 0 Å². The summed E-state index contributed by atoms with van der Waals surface area (Å²) in [6, 6.07) is -1.67. The van der Waals surface area contributed by atoms with Crippen LogP contribution in [0.1, 0.15) is 6.92 Å². The molecule has 5 atom stereocenters. The Morgan fingerprint density at radius 3 is 2.50 bits per heavy atom. The van der Waals surface area contributed by atoms with E-state index in [0.29, 0.717) is 0 Å². The van der Waals surface area contributed by atoms with E-state index in [9.17, 15) is 20.1 Å². The molecule has 0 aromatic carbocycles. The Labute approximate surface area is 93.1 Å². The van der Waals surface area contributed by atoms with Crippen molar-refractivity contribution in [2.24, 2.45) is 0 Å². The molecule has 1 aliphatic heterocycles. The van der Waals surface area contributed by atoms with Crippen LogP contribution in [0.4, 0.5) is 0 Å². The molecule has 0 aliphatic carbocycles. The smallest absolute Gasteiger partial charge is 0.217 e. The number of aliphatic hydroxyl groups is 4. The first-order valence-electron chi connectivity index (χ1n) is 5.13. The van der Waals surface area contributed by atoms with Gasteiger partial charge in [-0.25, -0.2) is 0 Å². The highest BCUT2D eigenvalue weighted by molar-refractivity contribution is 5.73. The van der Waals surface area contributed by atoms with Crippen molar-refractivity contribution >= 4 is 5.91 Å². The van der Waals surface area contributed by atoms with Crippen molar-refractivity contribution < 1.29 is 25.2 Å². The van der Waals surface area contributed by atoms with Crippen LogP contribution in [0.3, 0.4) is 0 Å². The summed E-state index contributed by atoms with van der Waals surface area (Å²) in [5.41, 5.74) is 0.